The summed E-state index contributed by atoms with van der Waals surface area (Å²) in [5.41, 5.74) is 8.43. The second kappa shape index (κ2) is 8.52. The molecule has 1 aliphatic heterocycles. The summed E-state index contributed by atoms with van der Waals surface area (Å²) in [5.74, 6) is -0.150. The molecule has 0 fully saturated rings. The van der Waals surface area contributed by atoms with Gasteiger partial charge in [-0.05, 0) is 29.5 Å². The van der Waals surface area contributed by atoms with Gasteiger partial charge in [-0.25, -0.2) is 4.39 Å². The van der Waals surface area contributed by atoms with Gasteiger partial charge in [0.05, 0.1) is 17.6 Å². The number of benzene rings is 1. The molecule has 2 aromatic rings. The monoisotopic (exact) mass is 467 g/mol. The molecule has 9 heteroatoms. The molecule has 0 radical (unpaired) electrons. The topological polar surface area (TPSA) is 95.9 Å². The van der Waals surface area contributed by atoms with E-state index >= 15 is 0 Å². The highest BCUT2D eigenvalue weighted by Gasteiger charge is 2.45. The summed E-state index contributed by atoms with van der Waals surface area (Å²) < 4.78 is 14.3. The molecule has 0 spiro atoms. The fourth-order valence-corrected chi connectivity index (χ4v) is 5.84. The van der Waals surface area contributed by atoms with Crippen LogP contribution in [0, 0.1) is 22.6 Å². The molecule has 1 aromatic heterocycles. The average Bonchev–Trinajstić information content (AvgIpc) is 3.19. The highest BCUT2D eigenvalue weighted by molar-refractivity contribution is 8.01. The van der Waals surface area contributed by atoms with Gasteiger partial charge in [0.2, 0.25) is 5.13 Å². The molecule has 0 saturated heterocycles. The third-order valence-corrected chi connectivity index (χ3v) is 7.53. The Hall–Kier alpha value is -2.96. The molecule has 6 nitrogen and oxygen atoms in total. The van der Waals surface area contributed by atoms with Crippen molar-refractivity contribution in [3.63, 3.8) is 0 Å². The van der Waals surface area contributed by atoms with E-state index < -0.39 is 5.92 Å². The average molecular weight is 468 g/mol. The van der Waals surface area contributed by atoms with Crippen molar-refractivity contribution in [2.45, 2.75) is 36.9 Å². The molecular weight excluding hydrogens is 445 g/mol. The van der Waals surface area contributed by atoms with Crippen LogP contribution in [-0.4, -0.2) is 21.7 Å². The Bertz CT molecular complexity index is 1190. The molecule has 1 atom stereocenters. The standard InChI is InChI=1S/C23H22FN5OS2/c1-4-9-31-22-28-27-21(32-22)29-16-10-23(2,3)11-17(30)19(16)18(15(12-25)20(29)26)13-5-7-14(24)8-6-13/h4-8,18H,1,9-11,26H2,2-3H3. The van der Waals surface area contributed by atoms with Crippen LogP contribution in [0.25, 0.3) is 0 Å². The van der Waals surface area contributed by atoms with E-state index in [1.807, 2.05) is 13.8 Å². The number of nitrogens with two attached hydrogens (primary N) is 1. The van der Waals surface area contributed by atoms with Gasteiger partial charge in [-0.3, -0.25) is 9.69 Å². The molecular formula is C23H22FN5OS2. The van der Waals surface area contributed by atoms with Crippen LogP contribution in [0.4, 0.5) is 9.52 Å². The van der Waals surface area contributed by atoms with E-state index in [-0.39, 0.29) is 28.4 Å². The summed E-state index contributed by atoms with van der Waals surface area (Å²) in [6.45, 7) is 7.78. The quantitative estimate of drug-likeness (QED) is 0.494. The molecule has 1 unspecified atom stereocenters. The first kappa shape index (κ1) is 22.2. The number of carbonyl (C=O) groups is 1. The fraction of sp³-hybridized carbons (Fsp3) is 0.304. The number of hydrogen-bond acceptors (Lipinski definition) is 8. The predicted octanol–water partition coefficient (Wildman–Crippen LogP) is 4.90. The van der Waals surface area contributed by atoms with Gasteiger partial charge in [-0.15, -0.1) is 16.8 Å². The Morgan fingerprint density at radius 1 is 1.38 bits per heavy atom. The summed E-state index contributed by atoms with van der Waals surface area (Å²) in [7, 11) is 0. The molecule has 2 N–H and O–H groups in total. The largest absolute Gasteiger partial charge is 0.384 e. The van der Waals surface area contributed by atoms with Crippen LogP contribution < -0.4 is 10.6 Å². The zero-order chi connectivity index (χ0) is 23.0. The third kappa shape index (κ3) is 3.96. The highest BCUT2D eigenvalue weighted by atomic mass is 32.2. The van der Waals surface area contributed by atoms with Gasteiger partial charge in [0, 0.05) is 23.4 Å². The molecule has 164 valence electrons. The van der Waals surface area contributed by atoms with E-state index in [0.29, 0.717) is 34.9 Å². The molecule has 4 rings (SSSR count). The van der Waals surface area contributed by atoms with Crippen LogP contribution in [0.15, 0.2) is 63.9 Å². The maximum atomic E-state index is 13.6. The first-order chi connectivity index (χ1) is 15.3. The lowest BCUT2D eigenvalue weighted by Gasteiger charge is -2.42. The number of allylic oxidation sites excluding steroid dienone is 3. The summed E-state index contributed by atoms with van der Waals surface area (Å²) in [6, 6.07) is 8.07. The Labute approximate surface area is 194 Å². The van der Waals surface area contributed by atoms with Crippen molar-refractivity contribution in [1.82, 2.24) is 10.2 Å². The van der Waals surface area contributed by atoms with Crippen molar-refractivity contribution in [3.8, 4) is 6.07 Å². The summed E-state index contributed by atoms with van der Waals surface area (Å²) in [4.78, 5) is 15.1. The number of halogens is 1. The Kier molecular flexibility index (Phi) is 5.93. The maximum Gasteiger partial charge on any atom is 0.219 e. The minimum absolute atomic E-state index is 0.0402. The number of carbonyl (C=O) groups excluding carboxylic acids is 1. The van der Waals surface area contributed by atoms with Crippen LogP contribution in [0.5, 0.6) is 0 Å². The predicted molar refractivity (Wildman–Crippen MR) is 124 cm³/mol. The molecule has 2 aliphatic rings. The number of rotatable bonds is 5. The van der Waals surface area contributed by atoms with Gasteiger partial charge in [0.15, 0.2) is 10.1 Å². The molecule has 0 amide bonds. The van der Waals surface area contributed by atoms with E-state index in [9.17, 15) is 14.4 Å². The number of aromatic nitrogens is 2. The normalized spacial score (nSPS) is 20.2. The number of nitriles is 1. The van der Waals surface area contributed by atoms with Crippen molar-refractivity contribution >= 4 is 34.0 Å². The smallest absolute Gasteiger partial charge is 0.219 e. The summed E-state index contributed by atoms with van der Waals surface area (Å²) >= 11 is 2.85. The van der Waals surface area contributed by atoms with Crippen LogP contribution in [-0.2, 0) is 4.79 Å². The maximum absolute atomic E-state index is 13.6. The summed E-state index contributed by atoms with van der Waals surface area (Å²) in [5, 5.41) is 19.1. The third-order valence-electron chi connectivity index (χ3n) is 5.50. The number of anilines is 1. The van der Waals surface area contributed by atoms with Gasteiger partial charge in [-0.1, -0.05) is 55.2 Å². The Morgan fingerprint density at radius 2 is 2.09 bits per heavy atom. The van der Waals surface area contributed by atoms with E-state index in [2.05, 4.69) is 22.8 Å². The van der Waals surface area contributed by atoms with Crippen molar-refractivity contribution < 1.29 is 9.18 Å². The lowest BCUT2D eigenvalue weighted by molar-refractivity contribution is -0.118. The lowest BCUT2D eigenvalue weighted by Crippen LogP contribution is -2.42. The number of thioether (sulfide) groups is 1. The van der Waals surface area contributed by atoms with Gasteiger partial charge in [0.1, 0.15) is 11.6 Å². The first-order valence-electron chi connectivity index (χ1n) is 10.0. The van der Waals surface area contributed by atoms with Crippen molar-refractivity contribution in [3.05, 3.63) is 71.0 Å². The molecule has 2 heterocycles. The van der Waals surface area contributed by atoms with Crippen molar-refractivity contribution in [1.29, 1.82) is 5.26 Å². The SMILES string of the molecule is C=CCSc1nnc(N2C(N)=C(C#N)C(c3ccc(F)cc3)C3=C2CC(C)(C)CC3=O)s1. The highest BCUT2D eigenvalue weighted by Crippen LogP contribution is 2.50. The number of hydrogen-bond donors (Lipinski definition) is 1. The zero-order valence-electron chi connectivity index (χ0n) is 17.8. The molecule has 1 aromatic carbocycles. The number of Topliss-reactive ketones (excluding diaryl/α,β-unsaturated/α-hetero) is 1. The van der Waals surface area contributed by atoms with Crippen LogP contribution >= 0.6 is 23.1 Å². The van der Waals surface area contributed by atoms with E-state index in [1.54, 1.807) is 23.1 Å². The summed E-state index contributed by atoms with van der Waals surface area (Å²) in [6.07, 6.45) is 2.72. The van der Waals surface area contributed by atoms with Crippen LogP contribution in [0.3, 0.4) is 0 Å². The van der Waals surface area contributed by atoms with Gasteiger partial charge < -0.3 is 5.73 Å². The van der Waals surface area contributed by atoms with Gasteiger partial charge in [-0.2, -0.15) is 5.26 Å². The molecule has 0 saturated carbocycles. The van der Waals surface area contributed by atoms with E-state index in [1.165, 1.54) is 35.2 Å². The Morgan fingerprint density at radius 3 is 2.75 bits per heavy atom. The van der Waals surface area contributed by atoms with Crippen molar-refractivity contribution in [2.24, 2.45) is 11.1 Å². The number of ketones is 1. The van der Waals surface area contributed by atoms with Crippen molar-refractivity contribution in [2.75, 3.05) is 10.7 Å². The second-order valence-corrected chi connectivity index (χ2v) is 10.7. The van der Waals surface area contributed by atoms with Gasteiger partial charge >= 0.3 is 0 Å². The molecule has 32 heavy (non-hydrogen) atoms. The first-order valence-corrected chi connectivity index (χ1v) is 11.8. The van der Waals surface area contributed by atoms with E-state index in [4.69, 9.17) is 5.73 Å². The van der Waals surface area contributed by atoms with Gasteiger partial charge in [0.25, 0.3) is 0 Å². The van der Waals surface area contributed by atoms with E-state index in [0.717, 1.165) is 10.0 Å². The minimum Gasteiger partial charge on any atom is -0.384 e. The molecule has 1 aliphatic carbocycles. The fourth-order valence-electron chi connectivity index (χ4n) is 4.20. The minimum atomic E-state index is -0.641. The zero-order valence-corrected chi connectivity index (χ0v) is 19.4. The second-order valence-electron chi connectivity index (χ2n) is 8.48. The van der Waals surface area contributed by atoms with Crippen LogP contribution in [0.2, 0.25) is 0 Å². The lowest BCUT2D eigenvalue weighted by atomic mass is 9.69. The molecule has 0 bridgehead atoms. The Balaban J connectivity index is 1.91. The number of nitrogens with zero attached hydrogens (tertiary/aromatic N) is 4. The van der Waals surface area contributed by atoms with Crippen LogP contribution in [0.1, 0.15) is 38.2 Å².